The molecule has 1 aliphatic heterocycles. The van der Waals surface area contributed by atoms with Gasteiger partial charge in [-0.2, -0.15) is 0 Å². The lowest BCUT2D eigenvalue weighted by molar-refractivity contribution is -0.155. The Balaban J connectivity index is 2.09. The van der Waals surface area contributed by atoms with Crippen molar-refractivity contribution in [2.75, 3.05) is 20.2 Å². The average molecular weight is 296 g/mol. The number of hydrogen-bond donors (Lipinski definition) is 1. The van der Waals surface area contributed by atoms with Gasteiger partial charge in [0.1, 0.15) is 5.54 Å². The van der Waals surface area contributed by atoms with Crippen molar-refractivity contribution >= 4 is 5.97 Å². The number of esters is 1. The predicted molar refractivity (Wildman–Crippen MR) is 85.3 cm³/mol. The minimum Gasteiger partial charge on any atom is -0.465 e. The third-order valence-electron chi connectivity index (χ3n) is 5.29. The second-order valence-electron chi connectivity index (χ2n) is 6.92. The van der Waals surface area contributed by atoms with Crippen molar-refractivity contribution in [3.8, 4) is 0 Å². The molecule has 0 aromatic heterocycles. The highest BCUT2D eigenvalue weighted by atomic mass is 16.5. The predicted octanol–water partition coefficient (Wildman–Crippen LogP) is 2.71. The van der Waals surface area contributed by atoms with Crippen molar-refractivity contribution in [1.29, 1.82) is 0 Å². The third-order valence-corrected chi connectivity index (χ3v) is 5.29. The van der Waals surface area contributed by atoms with Crippen LogP contribution in [0, 0.1) is 0 Å². The number of ether oxygens (including phenoxy) is 1. The van der Waals surface area contributed by atoms with Crippen LogP contribution in [0.4, 0.5) is 0 Å². The molecule has 1 heterocycles. The Bertz CT molecular complexity index is 340. The molecule has 1 N–H and O–H groups in total. The van der Waals surface area contributed by atoms with E-state index in [1.807, 2.05) is 6.92 Å². The fraction of sp³-hybridized carbons (Fsp3) is 0.941. The molecule has 2 rings (SSSR count). The van der Waals surface area contributed by atoms with E-state index in [0.717, 1.165) is 19.4 Å². The van der Waals surface area contributed by atoms with Crippen LogP contribution in [0.1, 0.15) is 65.2 Å². The highest BCUT2D eigenvalue weighted by molar-refractivity contribution is 5.81. The quantitative estimate of drug-likeness (QED) is 0.640. The first kappa shape index (κ1) is 16.8. The monoisotopic (exact) mass is 296 g/mol. The molecule has 0 spiro atoms. The molecule has 0 bridgehead atoms. The lowest BCUT2D eigenvalue weighted by Gasteiger charge is -2.44. The van der Waals surface area contributed by atoms with Gasteiger partial charge in [-0.1, -0.05) is 25.7 Å². The minimum atomic E-state index is -0.461. The summed E-state index contributed by atoms with van der Waals surface area (Å²) in [5.74, 6) is -0.0332. The maximum atomic E-state index is 12.6. The van der Waals surface area contributed by atoms with Crippen LogP contribution >= 0.6 is 0 Å². The lowest BCUT2D eigenvalue weighted by Crippen LogP contribution is -2.63. The third kappa shape index (κ3) is 4.19. The van der Waals surface area contributed by atoms with Crippen molar-refractivity contribution < 1.29 is 9.53 Å². The minimum absolute atomic E-state index is 0.0332. The molecule has 0 aromatic rings. The summed E-state index contributed by atoms with van der Waals surface area (Å²) >= 11 is 0. The van der Waals surface area contributed by atoms with Crippen molar-refractivity contribution in [2.45, 2.75) is 82.8 Å². The number of piperidine rings is 1. The Morgan fingerprint density at radius 2 is 1.95 bits per heavy atom. The number of hydrogen-bond acceptors (Lipinski definition) is 4. The van der Waals surface area contributed by atoms with Gasteiger partial charge in [0, 0.05) is 18.6 Å². The summed E-state index contributed by atoms with van der Waals surface area (Å²) in [6.45, 7) is 5.54. The van der Waals surface area contributed by atoms with Gasteiger partial charge >= 0.3 is 5.97 Å². The molecule has 1 saturated heterocycles. The van der Waals surface area contributed by atoms with Crippen LogP contribution in [0.25, 0.3) is 0 Å². The maximum absolute atomic E-state index is 12.6. The smallest absolute Gasteiger partial charge is 0.326 e. The number of nitrogens with zero attached hydrogens (tertiary/aromatic N) is 1. The zero-order chi connectivity index (χ0) is 15.3. The number of rotatable bonds is 4. The fourth-order valence-electron chi connectivity index (χ4n) is 3.81. The Morgan fingerprint density at radius 3 is 2.52 bits per heavy atom. The number of carbonyl (C=O) groups excluding carboxylic acids is 1. The summed E-state index contributed by atoms with van der Waals surface area (Å²) in [4.78, 5) is 15.0. The van der Waals surface area contributed by atoms with E-state index in [2.05, 4.69) is 24.2 Å². The van der Waals surface area contributed by atoms with Gasteiger partial charge in [0.05, 0.1) is 6.61 Å². The van der Waals surface area contributed by atoms with Crippen LogP contribution in [0.2, 0.25) is 0 Å². The van der Waals surface area contributed by atoms with Crippen LogP contribution in [-0.4, -0.2) is 48.7 Å². The zero-order valence-corrected chi connectivity index (χ0v) is 14.0. The first-order valence-corrected chi connectivity index (χ1v) is 8.72. The zero-order valence-electron chi connectivity index (χ0n) is 14.0. The summed E-state index contributed by atoms with van der Waals surface area (Å²) in [6.07, 6.45) is 9.37. The molecule has 1 aliphatic carbocycles. The Hall–Kier alpha value is -0.610. The normalized spacial score (nSPS) is 32.6. The van der Waals surface area contributed by atoms with E-state index >= 15 is 0 Å². The van der Waals surface area contributed by atoms with E-state index < -0.39 is 5.54 Å². The molecule has 2 fully saturated rings. The molecular weight excluding hydrogens is 264 g/mol. The molecule has 122 valence electrons. The first-order valence-electron chi connectivity index (χ1n) is 8.72. The molecule has 4 heteroatoms. The van der Waals surface area contributed by atoms with Crippen LogP contribution in [0.3, 0.4) is 0 Å². The van der Waals surface area contributed by atoms with Gasteiger partial charge in [0.15, 0.2) is 0 Å². The van der Waals surface area contributed by atoms with Gasteiger partial charge < -0.3 is 9.64 Å². The van der Waals surface area contributed by atoms with Gasteiger partial charge in [-0.3, -0.25) is 10.1 Å². The van der Waals surface area contributed by atoms with E-state index in [9.17, 15) is 4.79 Å². The van der Waals surface area contributed by atoms with E-state index in [4.69, 9.17) is 4.74 Å². The molecule has 2 aliphatic rings. The summed E-state index contributed by atoms with van der Waals surface area (Å²) < 4.78 is 5.42. The highest BCUT2D eigenvalue weighted by Crippen LogP contribution is 2.30. The van der Waals surface area contributed by atoms with Gasteiger partial charge in [-0.15, -0.1) is 0 Å². The lowest BCUT2D eigenvalue weighted by atomic mass is 9.82. The fourth-order valence-corrected chi connectivity index (χ4v) is 3.81. The van der Waals surface area contributed by atoms with E-state index in [1.54, 1.807) is 0 Å². The van der Waals surface area contributed by atoms with Crippen molar-refractivity contribution in [3.05, 3.63) is 0 Å². The second kappa shape index (κ2) is 7.59. The Morgan fingerprint density at radius 1 is 1.29 bits per heavy atom. The van der Waals surface area contributed by atoms with Gasteiger partial charge in [0.2, 0.25) is 0 Å². The Kier molecular flexibility index (Phi) is 6.06. The average Bonchev–Trinajstić information content (AvgIpc) is 2.72. The number of nitrogens with one attached hydrogen (secondary N) is 1. The Labute approximate surface area is 129 Å². The SMILES string of the molecule is CCOC(=O)C1(NC2CCCCCC2)CCN(C)C(C)C1. The van der Waals surface area contributed by atoms with Crippen LogP contribution in [0.5, 0.6) is 0 Å². The molecule has 0 amide bonds. The largest absolute Gasteiger partial charge is 0.465 e. The van der Waals surface area contributed by atoms with E-state index in [-0.39, 0.29) is 5.97 Å². The maximum Gasteiger partial charge on any atom is 0.326 e. The van der Waals surface area contributed by atoms with Crippen LogP contribution in [0.15, 0.2) is 0 Å². The van der Waals surface area contributed by atoms with Crippen molar-refractivity contribution in [1.82, 2.24) is 10.2 Å². The molecule has 2 atom stereocenters. The van der Waals surface area contributed by atoms with Crippen LogP contribution < -0.4 is 5.32 Å². The summed E-state index contributed by atoms with van der Waals surface area (Å²) in [6, 6.07) is 0.897. The first-order chi connectivity index (χ1) is 10.1. The topological polar surface area (TPSA) is 41.6 Å². The molecule has 1 saturated carbocycles. The van der Waals surface area contributed by atoms with Gasteiger partial charge in [0.25, 0.3) is 0 Å². The van der Waals surface area contributed by atoms with Crippen molar-refractivity contribution in [3.63, 3.8) is 0 Å². The van der Waals surface area contributed by atoms with Crippen molar-refractivity contribution in [2.24, 2.45) is 0 Å². The molecule has 2 unspecified atom stereocenters. The summed E-state index contributed by atoms with van der Waals surface area (Å²) in [7, 11) is 2.14. The molecular formula is C17H32N2O2. The van der Waals surface area contributed by atoms with Crippen LogP contribution in [-0.2, 0) is 9.53 Å². The highest BCUT2D eigenvalue weighted by Gasteiger charge is 2.45. The van der Waals surface area contributed by atoms with E-state index in [0.29, 0.717) is 18.7 Å². The summed E-state index contributed by atoms with van der Waals surface area (Å²) in [5, 5.41) is 3.75. The standard InChI is InChI=1S/C17H32N2O2/c1-4-21-16(20)17(11-12-19(3)14(2)13-17)18-15-9-7-5-6-8-10-15/h14-15,18H,4-13H2,1-3H3. The molecule has 0 aromatic carbocycles. The molecule has 4 nitrogen and oxygen atoms in total. The van der Waals surface area contributed by atoms with E-state index in [1.165, 1.54) is 38.5 Å². The van der Waals surface area contributed by atoms with Gasteiger partial charge in [-0.25, -0.2) is 0 Å². The second-order valence-corrected chi connectivity index (χ2v) is 6.92. The molecule has 21 heavy (non-hydrogen) atoms. The van der Waals surface area contributed by atoms with Gasteiger partial charge in [-0.05, 0) is 46.6 Å². The number of likely N-dealkylation sites (tertiary alicyclic amines) is 1. The number of carbonyl (C=O) groups is 1. The summed E-state index contributed by atoms with van der Waals surface area (Å²) in [5.41, 5.74) is -0.461. The molecule has 0 radical (unpaired) electrons.